The van der Waals surface area contributed by atoms with Crippen LogP contribution in [0.4, 0.5) is 0 Å². The van der Waals surface area contributed by atoms with Crippen molar-refractivity contribution in [2.45, 2.75) is 13.1 Å². The van der Waals surface area contributed by atoms with E-state index in [4.69, 9.17) is 11.6 Å². The van der Waals surface area contributed by atoms with Crippen LogP contribution in [0.2, 0.25) is 5.02 Å². The van der Waals surface area contributed by atoms with Gasteiger partial charge >= 0.3 is 0 Å². The van der Waals surface area contributed by atoms with Gasteiger partial charge in [0.05, 0.1) is 0 Å². The highest BCUT2D eigenvalue weighted by Crippen LogP contribution is 2.14. The zero-order valence-electron chi connectivity index (χ0n) is 12.1. The van der Waals surface area contributed by atoms with Gasteiger partial charge in [0.15, 0.2) is 0 Å². The van der Waals surface area contributed by atoms with Crippen molar-refractivity contribution >= 4 is 11.6 Å². The first-order chi connectivity index (χ1) is 10.3. The summed E-state index contributed by atoms with van der Waals surface area (Å²) in [6, 6.07) is 12.4. The van der Waals surface area contributed by atoms with Gasteiger partial charge in [-0.25, -0.2) is 0 Å². The normalized spacial score (nSPS) is 17.0. The first-order valence-electron chi connectivity index (χ1n) is 7.38. The molecule has 0 unspecified atom stereocenters. The number of hydrogen-bond donors (Lipinski definition) is 0. The van der Waals surface area contributed by atoms with Gasteiger partial charge in [0.2, 0.25) is 0 Å². The van der Waals surface area contributed by atoms with Crippen LogP contribution in [0.3, 0.4) is 0 Å². The molecule has 4 heteroatoms. The predicted molar refractivity (Wildman–Crippen MR) is 86.2 cm³/mol. The van der Waals surface area contributed by atoms with Gasteiger partial charge in [0, 0.05) is 56.7 Å². The van der Waals surface area contributed by atoms with Gasteiger partial charge in [0.25, 0.3) is 0 Å². The first kappa shape index (κ1) is 14.5. The molecule has 0 amide bonds. The lowest BCUT2D eigenvalue weighted by Gasteiger charge is -2.34. The van der Waals surface area contributed by atoms with Crippen LogP contribution in [0, 0.1) is 0 Å². The second kappa shape index (κ2) is 7.03. The fourth-order valence-corrected chi connectivity index (χ4v) is 2.96. The van der Waals surface area contributed by atoms with E-state index in [1.807, 2.05) is 24.5 Å². The Kier molecular flexibility index (Phi) is 4.86. The summed E-state index contributed by atoms with van der Waals surface area (Å²) < 4.78 is 0. The number of halogens is 1. The molecule has 2 heterocycles. The van der Waals surface area contributed by atoms with Crippen LogP contribution >= 0.6 is 11.6 Å². The molecule has 3 rings (SSSR count). The monoisotopic (exact) mass is 301 g/mol. The summed E-state index contributed by atoms with van der Waals surface area (Å²) in [5.41, 5.74) is 2.64. The summed E-state index contributed by atoms with van der Waals surface area (Å²) in [5, 5.41) is 0.823. The number of piperazine rings is 1. The molecule has 0 N–H and O–H groups in total. The second-order valence-electron chi connectivity index (χ2n) is 5.54. The number of nitrogens with zero attached hydrogens (tertiary/aromatic N) is 3. The summed E-state index contributed by atoms with van der Waals surface area (Å²) in [6.07, 6.45) is 3.73. The van der Waals surface area contributed by atoms with E-state index in [-0.39, 0.29) is 0 Å². The van der Waals surface area contributed by atoms with E-state index in [1.165, 1.54) is 11.1 Å². The highest BCUT2D eigenvalue weighted by Gasteiger charge is 2.17. The van der Waals surface area contributed by atoms with Gasteiger partial charge in [-0.3, -0.25) is 14.8 Å². The average molecular weight is 302 g/mol. The number of benzene rings is 1. The van der Waals surface area contributed by atoms with Crippen molar-refractivity contribution in [1.29, 1.82) is 0 Å². The summed E-state index contributed by atoms with van der Waals surface area (Å²) in [7, 11) is 0. The fourth-order valence-electron chi connectivity index (χ4n) is 2.75. The van der Waals surface area contributed by atoms with Crippen molar-refractivity contribution in [3.8, 4) is 0 Å². The molecule has 1 aromatic carbocycles. The van der Waals surface area contributed by atoms with Crippen molar-refractivity contribution in [2.75, 3.05) is 26.2 Å². The van der Waals surface area contributed by atoms with Crippen LogP contribution in [0.25, 0.3) is 0 Å². The van der Waals surface area contributed by atoms with Gasteiger partial charge in [-0.1, -0.05) is 23.7 Å². The molecule has 1 aromatic heterocycles. The Labute approximate surface area is 131 Å². The molecular weight excluding hydrogens is 282 g/mol. The number of hydrogen-bond acceptors (Lipinski definition) is 3. The van der Waals surface area contributed by atoms with E-state index in [2.05, 4.69) is 39.0 Å². The maximum atomic E-state index is 6.04. The van der Waals surface area contributed by atoms with Gasteiger partial charge in [-0.2, -0.15) is 0 Å². The molecule has 2 aromatic rings. The maximum Gasteiger partial charge on any atom is 0.0409 e. The Morgan fingerprint density at radius 2 is 1.48 bits per heavy atom. The number of rotatable bonds is 4. The molecule has 1 aliphatic rings. The highest BCUT2D eigenvalue weighted by molar-refractivity contribution is 6.30. The molecule has 0 bridgehead atoms. The molecule has 0 aliphatic carbocycles. The summed E-state index contributed by atoms with van der Waals surface area (Å²) >= 11 is 6.04. The maximum absolute atomic E-state index is 6.04. The van der Waals surface area contributed by atoms with E-state index < -0.39 is 0 Å². The summed E-state index contributed by atoms with van der Waals surface area (Å²) in [5.74, 6) is 0. The van der Waals surface area contributed by atoms with Gasteiger partial charge in [-0.15, -0.1) is 0 Å². The summed E-state index contributed by atoms with van der Waals surface area (Å²) in [4.78, 5) is 9.07. The molecule has 0 saturated carbocycles. The zero-order chi connectivity index (χ0) is 14.5. The number of aromatic nitrogens is 1. The third-order valence-corrected chi connectivity index (χ3v) is 4.15. The Hall–Kier alpha value is -1.42. The SMILES string of the molecule is Clc1cccc(CN2CCN(Cc3ccncc3)CC2)c1. The fraction of sp³-hybridized carbons (Fsp3) is 0.353. The second-order valence-corrected chi connectivity index (χ2v) is 5.97. The van der Waals surface area contributed by atoms with E-state index in [9.17, 15) is 0 Å². The smallest absolute Gasteiger partial charge is 0.0409 e. The minimum atomic E-state index is 0.823. The van der Waals surface area contributed by atoms with Crippen LogP contribution in [-0.2, 0) is 13.1 Å². The number of pyridine rings is 1. The molecule has 1 fully saturated rings. The van der Waals surface area contributed by atoms with Crippen molar-refractivity contribution in [3.63, 3.8) is 0 Å². The lowest BCUT2D eigenvalue weighted by molar-refractivity contribution is 0.122. The third-order valence-electron chi connectivity index (χ3n) is 3.92. The quantitative estimate of drug-likeness (QED) is 0.865. The largest absolute Gasteiger partial charge is 0.297 e. The Balaban J connectivity index is 1.49. The van der Waals surface area contributed by atoms with Crippen LogP contribution in [-0.4, -0.2) is 41.0 Å². The molecule has 0 radical (unpaired) electrons. The topological polar surface area (TPSA) is 19.4 Å². The van der Waals surface area contributed by atoms with Crippen LogP contribution in [0.15, 0.2) is 48.8 Å². The minimum Gasteiger partial charge on any atom is -0.297 e. The Morgan fingerprint density at radius 1 is 0.857 bits per heavy atom. The van der Waals surface area contributed by atoms with E-state index in [0.29, 0.717) is 0 Å². The van der Waals surface area contributed by atoms with Gasteiger partial charge in [0.1, 0.15) is 0 Å². The molecule has 0 spiro atoms. The Morgan fingerprint density at radius 3 is 2.10 bits per heavy atom. The molecule has 1 aliphatic heterocycles. The third kappa shape index (κ3) is 4.27. The molecule has 0 atom stereocenters. The van der Waals surface area contributed by atoms with Gasteiger partial charge < -0.3 is 0 Å². The van der Waals surface area contributed by atoms with Crippen molar-refractivity contribution < 1.29 is 0 Å². The van der Waals surface area contributed by atoms with Crippen molar-refractivity contribution in [3.05, 3.63) is 64.9 Å². The Bertz CT molecular complexity index is 565. The van der Waals surface area contributed by atoms with E-state index in [0.717, 1.165) is 44.3 Å². The van der Waals surface area contributed by atoms with Crippen LogP contribution in [0.1, 0.15) is 11.1 Å². The average Bonchev–Trinajstić information content (AvgIpc) is 2.50. The lowest BCUT2D eigenvalue weighted by Crippen LogP contribution is -2.45. The lowest BCUT2D eigenvalue weighted by atomic mass is 10.2. The van der Waals surface area contributed by atoms with Gasteiger partial charge in [-0.05, 0) is 35.4 Å². The molecule has 3 nitrogen and oxygen atoms in total. The summed E-state index contributed by atoms with van der Waals surface area (Å²) in [6.45, 7) is 6.46. The van der Waals surface area contributed by atoms with Crippen molar-refractivity contribution in [2.24, 2.45) is 0 Å². The van der Waals surface area contributed by atoms with E-state index >= 15 is 0 Å². The molecule has 21 heavy (non-hydrogen) atoms. The molecule has 110 valence electrons. The van der Waals surface area contributed by atoms with Crippen molar-refractivity contribution in [1.82, 2.24) is 14.8 Å². The zero-order valence-corrected chi connectivity index (χ0v) is 12.8. The predicted octanol–water partition coefficient (Wildman–Crippen LogP) is 3.05. The first-order valence-corrected chi connectivity index (χ1v) is 7.75. The standard InChI is InChI=1S/C17H20ClN3/c18-17-3-1-2-16(12-17)14-21-10-8-20(9-11-21)13-15-4-6-19-7-5-15/h1-7,12H,8-11,13-14H2. The van der Waals surface area contributed by atoms with Crippen LogP contribution < -0.4 is 0 Å². The van der Waals surface area contributed by atoms with Crippen LogP contribution in [0.5, 0.6) is 0 Å². The highest BCUT2D eigenvalue weighted by atomic mass is 35.5. The molecular formula is C17H20ClN3. The van der Waals surface area contributed by atoms with E-state index in [1.54, 1.807) is 0 Å². The molecule has 1 saturated heterocycles. The minimum absolute atomic E-state index is 0.823.